The topological polar surface area (TPSA) is 105 Å². The number of carbonyl (C=O) groups is 1. The number of fused-ring (bicyclic) bond motifs is 1. The number of amides is 1. The Balaban J connectivity index is 1.40. The minimum absolute atomic E-state index is 0.0248. The average molecular weight is 503 g/mol. The fraction of sp³-hybridized carbons (Fsp3) is 0.500. The Hall–Kier alpha value is -2.30. The maximum absolute atomic E-state index is 13.6. The second-order valence-electron chi connectivity index (χ2n) is 9.26. The number of carbonyl (C=O) groups excluding carboxylic acids is 1. The number of β-amino-alcohol motifs (C(OH)–C–C–N with tert-alkyl or cyclic N) is 1. The van der Waals surface area contributed by atoms with Crippen LogP contribution in [0.2, 0.25) is 0 Å². The minimum Gasteiger partial charge on any atom is -0.389 e. The number of rotatable bonds is 7. The fourth-order valence-corrected chi connectivity index (χ4v) is 6.76. The van der Waals surface area contributed by atoms with E-state index in [1.807, 2.05) is 30.3 Å². The fourth-order valence-electron chi connectivity index (χ4n) is 4.81. The van der Waals surface area contributed by atoms with Crippen LogP contribution >= 0.6 is 0 Å². The number of sulfonamides is 1. The lowest BCUT2D eigenvalue weighted by Crippen LogP contribution is -2.57. The molecule has 2 aliphatic rings. The van der Waals surface area contributed by atoms with Gasteiger partial charge in [-0.2, -0.15) is 4.31 Å². The maximum Gasteiger partial charge on any atom is 0.243 e. The van der Waals surface area contributed by atoms with E-state index < -0.39 is 28.3 Å². The first-order valence-corrected chi connectivity index (χ1v) is 13.6. The zero-order valence-corrected chi connectivity index (χ0v) is 20.8. The molecule has 2 saturated heterocycles. The number of benzene rings is 2. The minimum atomic E-state index is -3.86. The SMILES string of the molecule is Cc1ccccc1S(=O)(=O)N1C[C@H](O)COC[C@@H]2O[C@@H](CC(=O)NCCc3ccccc3)CC[C@H]21. The van der Waals surface area contributed by atoms with Gasteiger partial charge in [0, 0.05) is 13.1 Å². The summed E-state index contributed by atoms with van der Waals surface area (Å²) >= 11 is 0. The van der Waals surface area contributed by atoms with Crippen molar-refractivity contribution < 1.29 is 27.8 Å². The Labute approximate surface area is 207 Å². The molecule has 2 aromatic rings. The van der Waals surface area contributed by atoms with E-state index in [4.69, 9.17) is 9.47 Å². The Kier molecular flexibility index (Phi) is 8.56. The van der Waals surface area contributed by atoms with Crippen LogP contribution in [0.5, 0.6) is 0 Å². The van der Waals surface area contributed by atoms with Crippen LogP contribution in [0.25, 0.3) is 0 Å². The molecule has 2 heterocycles. The Morgan fingerprint density at radius 3 is 2.60 bits per heavy atom. The molecule has 2 N–H and O–H groups in total. The quantitative estimate of drug-likeness (QED) is 0.601. The van der Waals surface area contributed by atoms with E-state index in [-0.39, 0.29) is 43.1 Å². The molecule has 4 rings (SSSR count). The molecule has 8 nitrogen and oxygen atoms in total. The van der Waals surface area contributed by atoms with E-state index in [2.05, 4.69) is 5.32 Å². The van der Waals surface area contributed by atoms with E-state index in [0.29, 0.717) is 24.9 Å². The maximum atomic E-state index is 13.6. The second-order valence-corrected chi connectivity index (χ2v) is 11.1. The number of nitrogens with one attached hydrogen (secondary N) is 1. The third-order valence-electron chi connectivity index (χ3n) is 6.61. The largest absolute Gasteiger partial charge is 0.389 e. The molecular weight excluding hydrogens is 468 g/mol. The van der Waals surface area contributed by atoms with Gasteiger partial charge in [0.15, 0.2) is 0 Å². The molecule has 0 aliphatic carbocycles. The highest BCUT2D eigenvalue weighted by atomic mass is 32.2. The van der Waals surface area contributed by atoms with Gasteiger partial charge in [0.2, 0.25) is 15.9 Å². The standard InChI is InChI=1S/C26H34N2O6S/c1-19-7-5-6-10-25(19)35(31,32)28-16-21(29)17-33-18-24-23(28)12-11-22(34-24)15-26(30)27-14-13-20-8-3-2-4-9-20/h2-10,21-24,29H,11-18H2,1H3,(H,27,30)/t21-,22+,23+,24-/m0/s1. The van der Waals surface area contributed by atoms with Gasteiger partial charge < -0.3 is 19.9 Å². The third-order valence-corrected chi connectivity index (χ3v) is 8.66. The van der Waals surface area contributed by atoms with Crippen molar-refractivity contribution in [1.82, 2.24) is 9.62 Å². The molecule has 0 unspecified atom stereocenters. The van der Waals surface area contributed by atoms with E-state index in [9.17, 15) is 18.3 Å². The van der Waals surface area contributed by atoms with E-state index in [1.54, 1.807) is 31.2 Å². The summed E-state index contributed by atoms with van der Waals surface area (Å²) in [6, 6.07) is 16.3. The highest BCUT2D eigenvalue weighted by Crippen LogP contribution is 2.32. The lowest BCUT2D eigenvalue weighted by Gasteiger charge is -2.43. The first kappa shape index (κ1) is 25.8. The van der Waals surface area contributed by atoms with Crippen LogP contribution in [0.3, 0.4) is 0 Å². The Morgan fingerprint density at radius 1 is 1.09 bits per heavy atom. The summed E-state index contributed by atoms with van der Waals surface area (Å²) < 4.78 is 40.5. The van der Waals surface area contributed by atoms with E-state index >= 15 is 0 Å². The molecule has 35 heavy (non-hydrogen) atoms. The molecule has 0 spiro atoms. The van der Waals surface area contributed by atoms with Gasteiger partial charge in [-0.25, -0.2) is 8.42 Å². The molecular formula is C26H34N2O6S. The van der Waals surface area contributed by atoms with Gasteiger partial charge in [0.1, 0.15) is 0 Å². The summed E-state index contributed by atoms with van der Waals surface area (Å²) in [6.07, 6.45) is 0.274. The number of aliphatic hydroxyl groups is 1. The van der Waals surface area contributed by atoms with Gasteiger partial charge in [0.25, 0.3) is 0 Å². The molecule has 190 valence electrons. The van der Waals surface area contributed by atoms with Gasteiger partial charge >= 0.3 is 0 Å². The Morgan fingerprint density at radius 2 is 1.83 bits per heavy atom. The summed E-state index contributed by atoms with van der Waals surface area (Å²) in [4.78, 5) is 12.7. The Bertz CT molecular complexity index is 1090. The highest BCUT2D eigenvalue weighted by molar-refractivity contribution is 7.89. The van der Waals surface area contributed by atoms with Crippen molar-refractivity contribution in [2.75, 3.05) is 26.3 Å². The van der Waals surface area contributed by atoms with Crippen LogP contribution in [0, 0.1) is 6.92 Å². The van der Waals surface area contributed by atoms with Gasteiger partial charge in [0.05, 0.1) is 48.9 Å². The molecule has 4 atom stereocenters. The number of nitrogens with zero attached hydrogens (tertiary/aromatic N) is 1. The molecule has 2 fully saturated rings. The molecule has 0 aromatic heterocycles. The number of ether oxygens (including phenoxy) is 2. The molecule has 0 saturated carbocycles. The zero-order valence-electron chi connectivity index (χ0n) is 20.0. The summed E-state index contributed by atoms with van der Waals surface area (Å²) in [5, 5.41) is 13.3. The van der Waals surface area contributed by atoms with E-state index in [0.717, 1.165) is 12.0 Å². The second kappa shape index (κ2) is 11.6. The van der Waals surface area contributed by atoms with Crippen molar-refractivity contribution in [3.63, 3.8) is 0 Å². The van der Waals surface area contributed by atoms with Gasteiger partial charge in [-0.1, -0.05) is 48.5 Å². The van der Waals surface area contributed by atoms with Crippen molar-refractivity contribution >= 4 is 15.9 Å². The van der Waals surface area contributed by atoms with Crippen molar-refractivity contribution in [1.29, 1.82) is 0 Å². The monoisotopic (exact) mass is 502 g/mol. The summed E-state index contributed by atoms with van der Waals surface area (Å²) in [6.45, 7) is 2.43. The number of aliphatic hydroxyl groups excluding tert-OH is 1. The first-order valence-electron chi connectivity index (χ1n) is 12.1. The average Bonchev–Trinajstić information content (AvgIpc) is 2.82. The van der Waals surface area contributed by atoms with Crippen LogP contribution in [0.15, 0.2) is 59.5 Å². The smallest absolute Gasteiger partial charge is 0.243 e. The normalized spacial score (nSPS) is 25.8. The molecule has 1 amide bonds. The zero-order chi connectivity index (χ0) is 24.8. The molecule has 0 bridgehead atoms. The van der Waals surface area contributed by atoms with E-state index in [1.165, 1.54) is 4.31 Å². The van der Waals surface area contributed by atoms with Crippen LogP contribution in [0.1, 0.15) is 30.4 Å². The van der Waals surface area contributed by atoms with Crippen molar-refractivity contribution in [3.05, 3.63) is 65.7 Å². The molecule has 2 aromatic carbocycles. The van der Waals surface area contributed by atoms with Crippen LogP contribution in [-0.2, 0) is 30.7 Å². The van der Waals surface area contributed by atoms with Gasteiger partial charge in [-0.15, -0.1) is 0 Å². The molecule has 0 radical (unpaired) electrons. The lowest BCUT2D eigenvalue weighted by molar-refractivity contribution is -0.146. The predicted octanol–water partition coefficient (Wildman–Crippen LogP) is 2.04. The number of hydrogen-bond donors (Lipinski definition) is 2. The third kappa shape index (κ3) is 6.48. The summed E-state index contributed by atoms with van der Waals surface area (Å²) in [5.74, 6) is -0.0871. The van der Waals surface area contributed by atoms with Crippen LogP contribution in [0.4, 0.5) is 0 Å². The first-order chi connectivity index (χ1) is 16.8. The predicted molar refractivity (Wildman–Crippen MR) is 131 cm³/mol. The van der Waals surface area contributed by atoms with Crippen LogP contribution < -0.4 is 5.32 Å². The summed E-state index contributed by atoms with van der Waals surface area (Å²) in [7, 11) is -3.86. The van der Waals surface area contributed by atoms with Crippen molar-refractivity contribution in [2.24, 2.45) is 0 Å². The number of hydrogen-bond acceptors (Lipinski definition) is 6. The van der Waals surface area contributed by atoms with Crippen molar-refractivity contribution in [3.8, 4) is 0 Å². The lowest BCUT2D eigenvalue weighted by atomic mass is 9.96. The van der Waals surface area contributed by atoms with Gasteiger partial charge in [-0.3, -0.25) is 4.79 Å². The van der Waals surface area contributed by atoms with Gasteiger partial charge in [-0.05, 0) is 43.4 Å². The number of aryl methyl sites for hydroxylation is 1. The van der Waals surface area contributed by atoms with Crippen molar-refractivity contribution in [2.45, 2.75) is 61.9 Å². The van der Waals surface area contributed by atoms with Crippen LogP contribution in [-0.4, -0.2) is 74.4 Å². The molecule has 2 aliphatic heterocycles. The highest BCUT2D eigenvalue weighted by Gasteiger charge is 2.43. The summed E-state index contributed by atoms with van der Waals surface area (Å²) in [5.41, 5.74) is 1.81. The molecule has 9 heteroatoms.